The smallest absolute Gasteiger partial charge is 0.226 e. The van der Waals surface area contributed by atoms with Crippen LogP contribution in [0.3, 0.4) is 0 Å². The number of imidazole rings is 2. The van der Waals surface area contributed by atoms with Gasteiger partial charge in [0.1, 0.15) is 11.6 Å². The van der Waals surface area contributed by atoms with Gasteiger partial charge in [-0.1, -0.05) is 24.3 Å². The molecule has 0 bridgehead atoms. The van der Waals surface area contributed by atoms with Crippen LogP contribution in [0, 0.1) is 11.8 Å². The first-order chi connectivity index (χ1) is 24.4. The van der Waals surface area contributed by atoms with Gasteiger partial charge in [-0.15, -0.1) is 0 Å². The first kappa shape index (κ1) is 33.1. The molecule has 4 aliphatic heterocycles. The van der Waals surface area contributed by atoms with Crippen LogP contribution in [0.1, 0.15) is 86.2 Å². The molecule has 264 valence electrons. The molecule has 0 spiro atoms. The van der Waals surface area contributed by atoms with Crippen LogP contribution in [-0.4, -0.2) is 105 Å². The zero-order valence-electron chi connectivity index (χ0n) is 29.7. The molecule has 2 aromatic carbocycles. The van der Waals surface area contributed by atoms with E-state index >= 15 is 0 Å². The van der Waals surface area contributed by atoms with Gasteiger partial charge in [-0.25, -0.2) is 9.97 Å². The van der Waals surface area contributed by atoms with E-state index in [9.17, 15) is 9.59 Å². The van der Waals surface area contributed by atoms with Crippen LogP contribution < -0.4 is 0 Å². The SMILES string of the molecule is CN1CCC(C(=O)N2CCC[C@@H]2c2nc3ccc(C/C=C/Cc4ccc5nc([C@H]6CCCN6C(=O)C6CCN(C)CC6)[nH]c5c4)cc3[nH]2)CC1. The number of piperidine rings is 2. The molecule has 2 amide bonds. The molecule has 10 nitrogen and oxygen atoms in total. The molecule has 2 N–H and O–H groups in total. The molecule has 4 fully saturated rings. The molecule has 2 aromatic heterocycles. The van der Waals surface area contributed by atoms with Gasteiger partial charge in [-0.2, -0.15) is 0 Å². The zero-order valence-corrected chi connectivity index (χ0v) is 29.7. The van der Waals surface area contributed by atoms with E-state index in [-0.39, 0.29) is 23.9 Å². The average molecular weight is 677 g/mol. The van der Waals surface area contributed by atoms with E-state index in [1.54, 1.807) is 0 Å². The molecule has 4 saturated heterocycles. The number of fused-ring (bicyclic) bond motifs is 2. The van der Waals surface area contributed by atoms with Crippen LogP contribution in [0.15, 0.2) is 48.6 Å². The number of carbonyl (C=O) groups is 2. The summed E-state index contributed by atoms with van der Waals surface area (Å²) in [4.78, 5) is 52.8. The molecule has 4 aliphatic rings. The summed E-state index contributed by atoms with van der Waals surface area (Å²) in [6, 6.07) is 13.0. The zero-order chi connectivity index (χ0) is 34.2. The summed E-state index contributed by atoms with van der Waals surface area (Å²) in [5.41, 5.74) is 6.48. The average Bonchev–Trinajstić information content (AvgIpc) is 3.95. The lowest BCUT2D eigenvalue weighted by Crippen LogP contribution is -2.41. The molecule has 4 aromatic rings. The Hall–Kier alpha value is -4.02. The quantitative estimate of drug-likeness (QED) is 0.229. The molecular formula is C40H52N8O2. The molecule has 10 heteroatoms. The van der Waals surface area contributed by atoms with E-state index in [0.29, 0.717) is 11.8 Å². The second-order valence-corrected chi connectivity index (χ2v) is 15.4. The summed E-state index contributed by atoms with van der Waals surface area (Å²) in [5.74, 6) is 2.76. The number of benzene rings is 2. The van der Waals surface area contributed by atoms with Gasteiger partial charge < -0.3 is 29.6 Å². The molecule has 6 heterocycles. The minimum atomic E-state index is 0.0462. The van der Waals surface area contributed by atoms with Crippen LogP contribution in [-0.2, 0) is 22.4 Å². The summed E-state index contributed by atoms with van der Waals surface area (Å²) in [7, 11) is 4.28. The van der Waals surface area contributed by atoms with E-state index in [4.69, 9.17) is 9.97 Å². The van der Waals surface area contributed by atoms with Crippen molar-refractivity contribution in [2.24, 2.45) is 11.8 Å². The van der Waals surface area contributed by atoms with E-state index in [0.717, 1.165) is 137 Å². The van der Waals surface area contributed by atoms with E-state index in [2.05, 4.69) is 92.2 Å². The van der Waals surface area contributed by atoms with Gasteiger partial charge >= 0.3 is 0 Å². The maximum Gasteiger partial charge on any atom is 0.226 e. The fourth-order valence-corrected chi connectivity index (χ4v) is 8.77. The van der Waals surface area contributed by atoms with Gasteiger partial charge in [0.25, 0.3) is 0 Å². The standard InChI is InChI=1S/C40H52N8O2/c1-45-21-15-29(16-22-45)39(49)47-19-5-9-35(47)37-41-31-13-11-27(25-33(31)43-37)7-3-4-8-28-12-14-32-34(26-28)44-38(42-32)36-10-6-20-48(36)40(50)30-17-23-46(2)24-18-30/h3-4,11-14,25-26,29-30,35-36H,5-10,15-24H2,1-2H3,(H,41,43)(H,42,44)/b4-3+/t35-,36-/m1/s1. The summed E-state index contributed by atoms with van der Waals surface area (Å²) in [6.45, 7) is 5.66. The van der Waals surface area contributed by atoms with Crippen LogP contribution in [0.25, 0.3) is 22.1 Å². The van der Waals surface area contributed by atoms with Crippen molar-refractivity contribution in [3.05, 3.63) is 71.3 Å². The van der Waals surface area contributed by atoms with Gasteiger partial charge in [0.05, 0.1) is 34.2 Å². The lowest BCUT2D eigenvalue weighted by molar-refractivity contribution is -0.138. The fourth-order valence-electron chi connectivity index (χ4n) is 8.77. The summed E-state index contributed by atoms with van der Waals surface area (Å²) < 4.78 is 0. The summed E-state index contributed by atoms with van der Waals surface area (Å²) >= 11 is 0. The van der Waals surface area contributed by atoms with E-state index in [1.165, 1.54) is 11.1 Å². The normalized spacial score (nSPS) is 23.3. The summed E-state index contributed by atoms with van der Waals surface area (Å²) in [6.07, 6.45) is 14.0. The van der Waals surface area contributed by atoms with Crippen molar-refractivity contribution < 1.29 is 9.59 Å². The third-order valence-corrected chi connectivity index (χ3v) is 11.8. The number of nitrogens with one attached hydrogen (secondary N) is 2. The highest BCUT2D eigenvalue weighted by Crippen LogP contribution is 2.36. The molecule has 0 aliphatic carbocycles. The van der Waals surface area contributed by atoms with Gasteiger partial charge in [0.15, 0.2) is 0 Å². The number of rotatable bonds is 8. The number of carbonyl (C=O) groups excluding carboxylic acids is 2. The molecule has 2 atom stereocenters. The number of likely N-dealkylation sites (tertiary alicyclic amines) is 4. The Labute approximate surface area is 295 Å². The number of allylic oxidation sites excluding steroid dienone is 2. The highest BCUT2D eigenvalue weighted by Gasteiger charge is 2.38. The van der Waals surface area contributed by atoms with Crippen molar-refractivity contribution >= 4 is 33.9 Å². The van der Waals surface area contributed by atoms with Gasteiger partial charge in [0, 0.05) is 24.9 Å². The van der Waals surface area contributed by atoms with Crippen LogP contribution >= 0.6 is 0 Å². The topological polar surface area (TPSA) is 104 Å². The number of nitrogens with zero attached hydrogens (tertiary/aromatic N) is 6. The predicted molar refractivity (Wildman–Crippen MR) is 197 cm³/mol. The Morgan fingerprint density at radius 2 is 1.06 bits per heavy atom. The lowest BCUT2D eigenvalue weighted by Gasteiger charge is -2.32. The Morgan fingerprint density at radius 3 is 1.48 bits per heavy atom. The second-order valence-electron chi connectivity index (χ2n) is 15.4. The van der Waals surface area contributed by atoms with Crippen molar-refractivity contribution in [2.75, 3.05) is 53.4 Å². The van der Waals surface area contributed by atoms with Gasteiger partial charge in [0.2, 0.25) is 11.8 Å². The van der Waals surface area contributed by atoms with Crippen molar-refractivity contribution in [2.45, 2.75) is 76.3 Å². The maximum atomic E-state index is 13.5. The number of aromatic nitrogens is 4. The minimum absolute atomic E-state index is 0.0462. The molecule has 0 radical (unpaired) electrons. The molecule has 0 saturated carbocycles. The first-order valence-corrected chi connectivity index (χ1v) is 19.0. The molecular weight excluding hydrogens is 624 g/mol. The third-order valence-electron chi connectivity index (χ3n) is 11.8. The number of hydrogen-bond acceptors (Lipinski definition) is 6. The lowest BCUT2D eigenvalue weighted by atomic mass is 9.95. The Kier molecular flexibility index (Phi) is 9.48. The number of H-pyrrole nitrogens is 2. The monoisotopic (exact) mass is 676 g/mol. The Morgan fingerprint density at radius 1 is 0.640 bits per heavy atom. The minimum Gasteiger partial charge on any atom is -0.340 e. The number of aromatic amines is 2. The number of amides is 2. The molecule has 0 unspecified atom stereocenters. The second kappa shape index (κ2) is 14.3. The molecule has 50 heavy (non-hydrogen) atoms. The highest BCUT2D eigenvalue weighted by atomic mass is 16.2. The van der Waals surface area contributed by atoms with Gasteiger partial charge in [-0.3, -0.25) is 9.59 Å². The van der Waals surface area contributed by atoms with E-state index in [1.807, 2.05) is 0 Å². The van der Waals surface area contributed by atoms with Crippen molar-refractivity contribution in [1.82, 2.24) is 39.5 Å². The van der Waals surface area contributed by atoms with Crippen LogP contribution in [0.4, 0.5) is 0 Å². The van der Waals surface area contributed by atoms with Crippen molar-refractivity contribution in [3.63, 3.8) is 0 Å². The Balaban J connectivity index is 0.882. The fraction of sp³-hybridized carbons (Fsp3) is 0.550. The van der Waals surface area contributed by atoms with Crippen LogP contribution in [0.2, 0.25) is 0 Å². The molecule has 8 rings (SSSR count). The van der Waals surface area contributed by atoms with Crippen LogP contribution in [0.5, 0.6) is 0 Å². The van der Waals surface area contributed by atoms with Crippen molar-refractivity contribution in [1.29, 1.82) is 0 Å². The first-order valence-electron chi connectivity index (χ1n) is 19.0. The summed E-state index contributed by atoms with van der Waals surface area (Å²) in [5, 5.41) is 0. The maximum absolute atomic E-state index is 13.5. The third kappa shape index (κ3) is 6.84. The largest absolute Gasteiger partial charge is 0.340 e. The highest BCUT2D eigenvalue weighted by molar-refractivity contribution is 5.81. The van der Waals surface area contributed by atoms with Crippen molar-refractivity contribution in [3.8, 4) is 0 Å². The van der Waals surface area contributed by atoms with E-state index < -0.39 is 0 Å². The Bertz CT molecular complexity index is 1730. The number of hydrogen-bond donors (Lipinski definition) is 2. The predicted octanol–water partition coefficient (Wildman–Crippen LogP) is 5.79. The van der Waals surface area contributed by atoms with Gasteiger partial charge in [-0.05, 0) is 140 Å².